The van der Waals surface area contributed by atoms with E-state index in [0.29, 0.717) is 13.0 Å². The Morgan fingerprint density at radius 1 is 1.24 bits per heavy atom. The predicted octanol–water partition coefficient (Wildman–Crippen LogP) is 2.63. The molecule has 1 aromatic rings. The number of piperidine rings is 1. The first-order chi connectivity index (χ1) is 9.79. The number of rotatable bonds is 2. The number of likely N-dealkylation sites (N-methyl/N-ethyl adjacent to an activating group) is 1. The highest BCUT2D eigenvalue weighted by molar-refractivity contribution is 5.81. The van der Waals surface area contributed by atoms with Gasteiger partial charge in [0.2, 0.25) is 5.91 Å². The molecule has 1 aliphatic rings. The van der Waals surface area contributed by atoms with E-state index in [2.05, 4.69) is 5.32 Å². The van der Waals surface area contributed by atoms with Crippen molar-refractivity contribution in [2.75, 3.05) is 20.6 Å². The lowest BCUT2D eigenvalue weighted by Gasteiger charge is -2.31. The van der Waals surface area contributed by atoms with Crippen LogP contribution in [-0.2, 0) is 11.0 Å². The number of hydrogen-bond acceptors (Lipinski definition) is 2. The molecule has 0 aromatic heterocycles. The Morgan fingerprint density at radius 3 is 2.38 bits per heavy atom. The zero-order valence-corrected chi connectivity index (χ0v) is 12.1. The normalized spacial score (nSPS) is 22.9. The number of carbonyl (C=O) groups is 1. The number of hydrogen-bond donors (Lipinski definition) is 1. The van der Waals surface area contributed by atoms with Gasteiger partial charge < -0.3 is 10.2 Å². The number of nitrogens with zero attached hydrogens (tertiary/aromatic N) is 1. The molecule has 6 heteroatoms. The first-order valence-electron chi connectivity index (χ1n) is 6.90. The molecule has 1 fully saturated rings. The molecule has 1 aromatic carbocycles. The van der Waals surface area contributed by atoms with Crippen molar-refractivity contribution in [1.82, 2.24) is 10.2 Å². The second kappa shape index (κ2) is 6.05. The first-order valence-corrected chi connectivity index (χ1v) is 6.90. The summed E-state index contributed by atoms with van der Waals surface area (Å²) in [6.07, 6.45) is -2.87. The summed E-state index contributed by atoms with van der Waals surface area (Å²) in [6.45, 7) is 0.690. The van der Waals surface area contributed by atoms with Gasteiger partial charge in [-0.25, -0.2) is 0 Å². The van der Waals surface area contributed by atoms with Gasteiger partial charge in [-0.3, -0.25) is 4.79 Å². The molecule has 3 nitrogen and oxygen atoms in total. The lowest BCUT2D eigenvalue weighted by atomic mass is 9.85. The molecule has 0 saturated carbocycles. The van der Waals surface area contributed by atoms with Crippen molar-refractivity contribution >= 4 is 5.91 Å². The number of amides is 1. The van der Waals surface area contributed by atoms with Crippen LogP contribution >= 0.6 is 0 Å². The standard InChI is InChI=1S/C15H19F3N2O/c1-20(2)14(21)13-9-11(7-8-19-13)10-3-5-12(6-4-10)15(16,17)18/h3-6,11,13,19H,7-9H2,1-2H3. The van der Waals surface area contributed by atoms with Crippen LogP contribution in [-0.4, -0.2) is 37.5 Å². The number of nitrogens with one attached hydrogen (secondary N) is 1. The van der Waals surface area contributed by atoms with Crippen LogP contribution in [0.15, 0.2) is 24.3 Å². The van der Waals surface area contributed by atoms with Crippen molar-refractivity contribution in [1.29, 1.82) is 0 Å². The third-order valence-corrected chi connectivity index (χ3v) is 3.85. The third-order valence-electron chi connectivity index (χ3n) is 3.85. The summed E-state index contributed by atoms with van der Waals surface area (Å²) in [5.41, 5.74) is 0.224. The molecule has 1 saturated heterocycles. The molecule has 0 bridgehead atoms. The smallest absolute Gasteiger partial charge is 0.347 e. The zero-order chi connectivity index (χ0) is 15.6. The first kappa shape index (κ1) is 15.8. The van der Waals surface area contributed by atoms with Gasteiger partial charge in [-0.15, -0.1) is 0 Å². The lowest BCUT2D eigenvalue weighted by molar-refractivity contribution is -0.137. The van der Waals surface area contributed by atoms with Crippen LogP contribution in [0.5, 0.6) is 0 Å². The third kappa shape index (κ3) is 3.75. The van der Waals surface area contributed by atoms with Gasteiger partial charge in [-0.05, 0) is 43.0 Å². The van der Waals surface area contributed by atoms with Crippen LogP contribution in [0.25, 0.3) is 0 Å². The Bertz CT molecular complexity index is 497. The summed E-state index contributed by atoms with van der Waals surface area (Å²) in [7, 11) is 3.40. The summed E-state index contributed by atoms with van der Waals surface area (Å²) in [5.74, 6) is 0.119. The van der Waals surface area contributed by atoms with Crippen molar-refractivity contribution in [2.24, 2.45) is 0 Å². The van der Waals surface area contributed by atoms with Gasteiger partial charge in [0.05, 0.1) is 11.6 Å². The molecule has 2 unspecified atom stereocenters. The maximum atomic E-state index is 12.6. The maximum Gasteiger partial charge on any atom is 0.416 e. The van der Waals surface area contributed by atoms with Crippen molar-refractivity contribution < 1.29 is 18.0 Å². The highest BCUT2D eigenvalue weighted by Crippen LogP contribution is 2.32. The van der Waals surface area contributed by atoms with E-state index in [9.17, 15) is 18.0 Å². The molecular weight excluding hydrogens is 281 g/mol. The molecule has 1 amide bonds. The summed E-state index contributed by atoms with van der Waals surface area (Å²) < 4.78 is 37.7. The number of halogens is 3. The van der Waals surface area contributed by atoms with E-state index in [1.807, 2.05) is 0 Å². The van der Waals surface area contributed by atoms with Gasteiger partial charge in [-0.1, -0.05) is 12.1 Å². The minimum Gasteiger partial charge on any atom is -0.347 e. The average Bonchev–Trinajstić information content (AvgIpc) is 2.46. The molecule has 2 rings (SSSR count). The minimum absolute atomic E-state index is 0.00612. The fourth-order valence-electron chi connectivity index (χ4n) is 2.66. The van der Waals surface area contributed by atoms with Gasteiger partial charge >= 0.3 is 6.18 Å². The van der Waals surface area contributed by atoms with E-state index in [0.717, 1.165) is 24.1 Å². The number of alkyl halides is 3. The van der Waals surface area contributed by atoms with Crippen LogP contribution in [0.1, 0.15) is 29.9 Å². The molecule has 21 heavy (non-hydrogen) atoms. The summed E-state index contributed by atoms with van der Waals surface area (Å²) >= 11 is 0. The summed E-state index contributed by atoms with van der Waals surface area (Å²) in [4.78, 5) is 13.5. The van der Waals surface area contributed by atoms with E-state index in [1.54, 1.807) is 14.1 Å². The van der Waals surface area contributed by atoms with Crippen LogP contribution in [0.2, 0.25) is 0 Å². The van der Waals surface area contributed by atoms with Crippen LogP contribution in [0.3, 0.4) is 0 Å². The van der Waals surface area contributed by atoms with Gasteiger partial charge in [-0.2, -0.15) is 13.2 Å². The van der Waals surface area contributed by atoms with Crippen molar-refractivity contribution in [3.8, 4) is 0 Å². The average molecular weight is 300 g/mol. The van der Waals surface area contributed by atoms with Crippen molar-refractivity contribution in [3.05, 3.63) is 35.4 Å². The second-order valence-electron chi connectivity index (χ2n) is 5.58. The minimum atomic E-state index is -4.31. The second-order valence-corrected chi connectivity index (χ2v) is 5.58. The molecule has 1 heterocycles. The van der Waals surface area contributed by atoms with E-state index < -0.39 is 11.7 Å². The summed E-state index contributed by atoms with van der Waals surface area (Å²) in [6, 6.07) is 5.01. The van der Waals surface area contributed by atoms with Gasteiger partial charge in [0.25, 0.3) is 0 Å². The van der Waals surface area contributed by atoms with Crippen LogP contribution < -0.4 is 5.32 Å². The molecule has 2 atom stereocenters. The Morgan fingerprint density at radius 2 is 1.86 bits per heavy atom. The highest BCUT2D eigenvalue weighted by atomic mass is 19.4. The fourth-order valence-corrected chi connectivity index (χ4v) is 2.66. The molecule has 1 N–H and O–H groups in total. The van der Waals surface area contributed by atoms with Crippen molar-refractivity contribution in [3.63, 3.8) is 0 Å². The highest BCUT2D eigenvalue weighted by Gasteiger charge is 2.31. The maximum absolute atomic E-state index is 12.6. The largest absolute Gasteiger partial charge is 0.416 e. The molecule has 0 aliphatic carbocycles. The van der Waals surface area contributed by atoms with E-state index in [4.69, 9.17) is 0 Å². The molecule has 0 radical (unpaired) electrons. The molecular formula is C15H19F3N2O. The Labute approximate surface area is 122 Å². The lowest BCUT2D eigenvalue weighted by Crippen LogP contribution is -2.47. The quantitative estimate of drug-likeness (QED) is 0.910. The molecule has 1 aliphatic heterocycles. The van der Waals surface area contributed by atoms with Crippen LogP contribution in [0, 0.1) is 0 Å². The van der Waals surface area contributed by atoms with Crippen molar-refractivity contribution in [2.45, 2.75) is 31.0 Å². The SMILES string of the molecule is CN(C)C(=O)C1CC(c2ccc(C(F)(F)F)cc2)CCN1. The predicted molar refractivity (Wildman–Crippen MR) is 73.9 cm³/mol. The van der Waals surface area contributed by atoms with E-state index >= 15 is 0 Å². The fraction of sp³-hybridized carbons (Fsp3) is 0.533. The topological polar surface area (TPSA) is 32.3 Å². The molecule has 116 valence electrons. The van der Waals surface area contributed by atoms with E-state index in [1.165, 1.54) is 17.0 Å². The van der Waals surface area contributed by atoms with Gasteiger partial charge in [0, 0.05) is 14.1 Å². The van der Waals surface area contributed by atoms with Gasteiger partial charge in [0.1, 0.15) is 0 Å². The van der Waals surface area contributed by atoms with Gasteiger partial charge in [0.15, 0.2) is 0 Å². The Hall–Kier alpha value is -1.56. The summed E-state index contributed by atoms with van der Waals surface area (Å²) in [5, 5.41) is 3.16. The molecule has 0 spiro atoms. The number of carbonyl (C=O) groups excluding carboxylic acids is 1. The Balaban J connectivity index is 2.09. The zero-order valence-electron chi connectivity index (χ0n) is 12.1. The Kier molecular flexibility index (Phi) is 4.56. The number of benzene rings is 1. The van der Waals surface area contributed by atoms with E-state index in [-0.39, 0.29) is 17.9 Å². The van der Waals surface area contributed by atoms with Crippen LogP contribution in [0.4, 0.5) is 13.2 Å². The monoisotopic (exact) mass is 300 g/mol.